The van der Waals surface area contributed by atoms with Crippen LogP contribution in [-0.2, 0) is 4.74 Å². The lowest BCUT2D eigenvalue weighted by molar-refractivity contribution is -0.227. The Morgan fingerprint density at radius 1 is 1.27 bits per heavy atom. The molecule has 0 aromatic heterocycles. The van der Waals surface area contributed by atoms with E-state index in [-0.39, 0.29) is 6.08 Å². The fraction of sp³-hybridized carbons (Fsp3) is 0.600. The van der Waals surface area contributed by atoms with Gasteiger partial charge in [-0.05, 0) is 6.08 Å². The Kier molecular flexibility index (Phi) is 1.34. The number of epoxide rings is 1. The van der Waals surface area contributed by atoms with E-state index < -0.39 is 17.9 Å². The van der Waals surface area contributed by atoms with E-state index in [2.05, 4.69) is 11.3 Å². The molecule has 6 heteroatoms. The third-order valence-corrected chi connectivity index (χ3v) is 1.31. The number of hydrogen-bond donors (Lipinski definition) is 0. The average molecular weight is 174 g/mol. The summed E-state index contributed by atoms with van der Waals surface area (Å²) in [5, 5.41) is 0. The largest absolute Gasteiger partial charge is 0.455 e. The number of halogens is 5. The fourth-order valence-corrected chi connectivity index (χ4v) is 0.603. The van der Waals surface area contributed by atoms with Gasteiger partial charge in [0, 0.05) is 0 Å². The Bertz CT molecular complexity index is 200. The van der Waals surface area contributed by atoms with Crippen molar-refractivity contribution >= 4 is 0 Å². The van der Waals surface area contributed by atoms with Crippen LogP contribution in [0.1, 0.15) is 0 Å². The third kappa shape index (κ3) is 0.852. The van der Waals surface area contributed by atoms with E-state index in [9.17, 15) is 22.0 Å². The first-order chi connectivity index (χ1) is 4.77. The van der Waals surface area contributed by atoms with Crippen molar-refractivity contribution in [1.82, 2.24) is 0 Å². The van der Waals surface area contributed by atoms with Gasteiger partial charge in [-0.1, -0.05) is 6.58 Å². The lowest BCUT2D eigenvalue weighted by Crippen LogP contribution is -2.33. The molecule has 64 valence electrons. The number of hydrogen-bond acceptors (Lipinski definition) is 1. The minimum absolute atomic E-state index is 0.139. The number of alkyl halides is 5. The van der Waals surface area contributed by atoms with Crippen molar-refractivity contribution in [3.63, 3.8) is 0 Å². The summed E-state index contributed by atoms with van der Waals surface area (Å²) in [6, 6.07) is 0. The van der Waals surface area contributed by atoms with Gasteiger partial charge in [-0.2, -0.15) is 17.6 Å². The molecule has 1 rings (SSSR count). The Morgan fingerprint density at radius 2 is 1.73 bits per heavy atom. The predicted molar refractivity (Wildman–Crippen MR) is 25.0 cm³/mol. The van der Waals surface area contributed by atoms with E-state index in [0.29, 0.717) is 0 Å². The van der Waals surface area contributed by atoms with Crippen LogP contribution in [0.15, 0.2) is 12.7 Å². The lowest BCUT2D eigenvalue weighted by Gasteiger charge is -2.06. The molecule has 1 aliphatic rings. The highest BCUT2D eigenvalue weighted by Gasteiger charge is 2.86. The molecule has 2 unspecified atom stereocenters. The Balaban J connectivity index is 2.85. The van der Waals surface area contributed by atoms with Gasteiger partial charge < -0.3 is 0 Å². The van der Waals surface area contributed by atoms with Crippen molar-refractivity contribution in [2.45, 2.75) is 17.9 Å². The highest BCUT2D eigenvalue weighted by molar-refractivity contribution is 5.15. The standard InChI is InChI=1S/C5H3F5O/c1-2-3(6)4(7,11-3)5(8,9)10/h2H,1H2. The summed E-state index contributed by atoms with van der Waals surface area (Å²) in [6.07, 6.45) is -5.21. The summed E-state index contributed by atoms with van der Waals surface area (Å²) in [5.41, 5.74) is 0. The van der Waals surface area contributed by atoms with Gasteiger partial charge in [0.1, 0.15) is 0 Å². The smallest absolute Gasteiger partial charge is 0.288 e. The van der Waals surface area contributed by atoms with Crippen LogP contribution >= 0.6 is 0 Å². The molecule has 1 heterocycles. The average Bonchev–Trinajstić information content (AvgIpc) is 2.38. The van der Waals surface area contributed by atoms with E-state index in [1.54, 1.807) is 0 Å². The van der Waals surface area contributed by atoms with Crippen LogP contribution in [0, 0.1) is 0 Å². The summed E-state index contributed by atoms with van der Waals surface area (Å²) < 4.78 is 62.4. The summed E-state index contributed by atoms with van der Waals surface area (Å²) in [7, 11) is 0. The lowest BCUT2D eigenvalue weighted by atomic mass is 10.2. The van der Waals surface area contributed by atoms with Crippen LogP contribution in [0.4, 0.5) is 22.0 Å². The Labute approximate surface area is 58.4 Å². The molecule has 0 aromatic carbocycles. The summed E-state index contributed by atoms with van der Waals surface area (Å²) >= 11 is 0. The SMILES string of the molecule is C=CC1(F)OC1(F)C(F)(F)F. The molecule has 0 spiro atoms. The van der Waals surface area contributed by atoms with Gasteiger partial charge in [0.2, 0.25) is 0 Å². The van der Waals surface area contributed by atoms with Gasteiger partial charge in [0.15, 0.2) is 0 Å². The molecular formula is C5H3F5O. The molecular weight excluding hydrogens is 171 g/mol. The first-order valence-corrected chi connectivity index (χ1v) is 2.55. The van der Waals surface area contributed by atoms with Crippen molar-refractivity contribution < 1.29 is 26.7 Å². The van der Waals surface area contributed by atoms with E-state index in [4.69, 9.17) is 0 Å². The third-order valence-electron chi connectivity index (χ3n) is 1.31. The van der Waals surface area contributed by atoms with Gasteiger partial charge in [0.05, 0.1) is 0 Å². The first kappa shape index (κ1) is 8.45. The zero-order chi connectivity index (χ0) is 8.91. The van der Waals surface area contributed by atoms with Crippen LogP contribution < -0.4 is 0 Å². The van der Waals surface area contributed by atoms with E-state index in [0.717, 1.165) is 0 Å². The van der Waals surface area contributed by atoms with Crippen LogP contribution in [0.25, 0.3) is 0 Å². The van der Waals surface area contributed by atoms with Gasteiger partial charge in [-0.25, -0.2) is 4.39 Å². The summed E-state index contributed by atoms with van der Waals surface area (Å²) in [4.78, 5) is 0. The molecule has 0 aromatic rings. The van der Waals surface area contributed by atoms with E-state index >= 15 is 0 Å². The topological polar surface area (TPSA) is 12.5 Å². The maximum absolute atomic E-state index is 12.3. The molecule has 1 aliphatic heterocycles. The molecule has 1 saturated heterocycles. The molecule has 0 aliphatic carbocycles. The van der Waals surface area contributed by atoms with Gasteiger partial charge >= 0.3 is 12.0 Å². The summed E-state index contributed by atoms with van der Waals surface area (Å²) in [6.45, 7) is 2.66. The number of ether oxygens (including phenoxy) is 1. The van der Waals surface area contributed by atoms with Crippen molar-refractivity contribution in [3.8, 4) is 0 Å². The quantitative estimate of drug-likeness (QED) is 0.337. The van der Waals surface area contributed by atoms with Crippen molar-refractivity contribution in [3.05, 3.63) is 12.7 Å². The number of rotatable bonds is 1. The highest BCUT2D eigenvalue weighted by atomic mass is 19.4. The zero-order valence-electron chi connectivity index (χ0n) is 5.08. The Morgan fingerprint density at radius 3 is 1.82 bits per heavy atom. The van der Waals surface area contributed by atoms with Crippen molar-refractivity contribution in [2.24, 2.45) is 0 Å². The van der Waals surface area contributed by atoms with Crippen LogP contribution in [0.3, 0.4) is 0 Å². The van der Waals surface area contributed by atoms with Crippen molar-refractivity contribution in [2.75, 3.05) is 0 Å². The molecule has 0 radical (unpaired) electrons. The molecule has 0 N–H and O–H groups in total. The second-order valence-corrected chi connectivity index (χ2v) is 2.04. The van der Waals surface area contributed by atoms with Crippen molar-refractivity contribution in [1.29, 1.82) is 0 Å². The van der Waals surface area contributed by atoms with Gasteiger partial charge in [0.25, 0.3) is 5.85 Å². The van der Waals surface area contributed by atoms with Gasteiger partial charge in [-0.15, -0.1) is 0 Å². The monoisotopic (exact) mass is 174 g/mol. The van der Waals surface area contributed by atoms with Crippen LogP contribution in [0.5, 0.6) is 0 Å². The normalized spacial score (nSPS) is 43.7. The predicted octanol–water partition coefficient (Wildman–Crippen LogP) is 2.10. The first-order valence-electron chi connectivity index (χ1n) is 2.55. The van der Waals surface area contributed by atoms with Gasteiger partial charge in [-0.3, -0.25) is 4.74 Å². The maximum atomic E-state index is 12.3. The van der Waals surface area contributed by atoms with Crippen LogP contribution in [0.2, 0.25) is 0 Å². The maximum Gasteiger partial charge on any atom is 0.455 e. The minimum Gasteiger partial charge on any atom is -0.288 e. The minimum atomic E-state index is -5.35. The zero-order valence-corrected chi connectivity index (χ0v) is 5.08. The van der Waals surface area contributed by atoms with Crippen LogP contribution in [-0.4, -0.2) is 17.9 Å². The molecule has 0 amide bonds. The molecule has 11 heavy (non-hydrogen) atoms. The second kappa shape index (κ2) is 1.74. The molecule has 1 nitrogen and oxygen atoms in total. The second-order valence-electron chi connectivity index (χ2n) is 2.04. The molecule has 2 atom stereocenters. The molecule has 0 bridgehead atoms. The molecule has 0 saturated carbocycles. The molecule has 1 fully saturated rings. The summed E-state index contributed by atoms with van der Waals surface area (Å²) in [5.74, 6) is -7.59. The Hall–Kier alpha value is -0.650. The van der Waals surface area contributed by atoms with E-state index in [1.165, 1.54) is 0 Å². The fourth-order valence-electron chi connectivity index (χ4n) is 0.603. The van der Waals surface area contributed by atoms with E-state index in [1.807, 2.05) is 0 Å². The highest BCUT2D eigenvalue weighted by Crippen LogP contribution is 2.60.